The number of nitrogens with zero attached hydrogens (tertiary/aromatic N) is 3. The maximum atomic E-state index is 13.3. The summed E-state index contributed by atoms with van der Waals surface area (Å²) in [5.74, 6) is -1.69. The zero-order valence-electron chi connectivity index (χ0n) is 18.0. The highest BCUT2D eigenvalue weighted by Crippen LogP contribution is 2.29. The monoisotopic (exact) mass is 470 g/mol. The van der Waals surface area contributed by atoms with Gasteiger partial charge in [-0.05, 0) is 61.5 Å². The van der Waals surface area contributed by atoms with Gasteiger partial charge in [0.25, 0.3) is 11.8 Å². The van der Waals surface area contributed by atoms with Gasteiger partial charge in [0, 0.05) is 53.8 Å². The lowest BCUT2D eigenvalue weighted by Gasteiger charge is -2.31. The van der Waals surface area contributed by atoms with E-state index in [-0.39, 0.29) is 31.8 Å². The second kappa shape index (κ2) is 10.1. The quantitative estimate of drug-likeness (QED) is 0.416. The van der Waals surface area contributed by atoms with Crippen LogP contribution in [-0.4, -0.2) is 46.8 Å². The van der Waals surface area contributed by atoms with Crippen LogP contribution in [0, 0.1) is 0 Å². The first-order chi connectivity index (χ1) is 15.9. The predicted molar refractivity (Wildman–Crippen MR) is 126 cm³/mol. The van der Waals surface area contributed by atoms with Crippen molar-refractivity contribution in [3.05, 3.63) is 66.5 Å². The van der Waals surface area contributed by atoms with Crippen molar-refractivity contribution in [3.63, 3.8) is 0 Å². The summed E-state index contributed by atoms with van der Waals surface area (Å²) in [5, 5.41) is 6.45. The lowest BCUT2D eigenvalue weighted by Crippen LogP contribution is -2.42. The van der Waals surface area contributed by atoms with Crippen LogP contribution < -0.4 is 15.4 Å². The van der Waals surface area contributed by atoms with Crippen LogP contribution in [0.4, 0.5) is 31.8 Å². The molecule has 1 aromatic heterocycles. The van der Waals surface area contributed by atoms with Gasteiger partial charge in [-0.15, -0.1) is 0 Å². The first kappa shape index (κ1) is 22.9. The summed E-state index contributed by atoms with van der Waals surface area (Å²) in [6.45, 7) is 0.137. The van der Waals surface area contributed by atoms with Crippen LogP contribution in [0.5, 0.6) is 0 Å². The van der Waals surface area contributed by atoms with Gasteiger partial charge in [-0.25, -0.2) is 18.7 Å². The number of amides is 1. The van der Waals surface area contributed by atoms with Gasteiger partial charge in [0.1, 0.15) is 18.0 Å². The molecule has 2 heterocycles. The predicted octanol–water partition coefficient (Wildman–Crippen LogP) is 5.06. The molecule has 7 nitrogen and oxygen atoms in total. The number of hydrogen-bond donors (Lipinski definition) is 3. The Bertz CT molecular complexity index is 1100. The maximum absolute atomic E-state index is 13.3. The Hall–Kier alpha value is -3.24. The molecule has 4 rings (SSSR count). The molecule has 1 fully saturated rings. The summed E-state index contributed by atoms with van der Waals surface area (Å²) < 4.78 is 29.7. The molecule has 2 aromatic carbocycles. The molecule has 0 atom stereocenters. The average molecular weight is 471 g/mol. The van der Waals surface area contributed by atoms with E-state index >= 15 is 0 Å². The number of hydrogen-bond acceptors (Lipinski definition) is 7. The van der Waals surface area contributed by atoms with E-state index in [9.17, 15) is 13.6 Å². The molecular formula is C23H24F2N6OS. The maximum Gasteiger partial charge on any atom is 0.253 e. The van der Waals surface area contributed by atoms with Crippen LogP contribution in [0.25, 0.3) is 0 Å². The minimum Gasteiger partial charge on any atom is -0.340 e. The third kappa shape index (κ3) is 6.17. The smallest absolute Gasteiger partial charge is 0.253 e. The number of carbonyl (C=O) groups is 1. The molecule has 0 radical (unpaired) electrons. The van der Waals surface area contributed by atoms with Gasteiger partial charge in [0.15, 0.2) is 0 Å². The second-order valence-electron chi connectivity index (χ2n) is 7.60. The average Bonchev–Trinajstić information content (AvgIpc) is 2.80. The van der Waals surface area contributed by atoms with Gasteiger partial charge in [0.2, 0.25) is 0 Å². The SMILES string of the molecule is CNSc1cccc(Nc2cc(Nc3ccc(C(=O)N4CCC(F)(F)CC4)cc3)ncn2)c1. The van der Waals surface area contributed by atoms with Crippen LogP contribution in [0.3, 0.4) is 0 Å². The topological polar surface area (TPSA) is 82.2 Å². The molecule has 1 saturated heterocycles. The summed E-state index contributed by atoms with van der Waals surface area (Å²) >= 11 is 1.52. The third-order valence-corrected chi connectivity index (χ3v) is 5.87. The first-order valence-electron chi connectivity index (χ1n) is 10.5. The molecule has 1 aliphatic rings. The number of nitrogens with one attached hydrogen (secondary N) is 3. The van der Waals surface area contributed by atoms with Crippen molar-refractivity contribution in [3.8, 4) is 0 Å². The Morgan fingerprint density at radius 2 is 1.64 bits per heavy atom. The van der Waals surface area contributed by atoms with Gasteiger partial charge in [-0.1, -0.05) is 6.07 Å². The molecule has 0 bridgehead atoms. The highest BCUT2D eigenvalue weighted by atomic mass is 32.2. The fourth-order valence-electron chi connectivity index (χ4n) is 3.46. The van der Waals surface area contributed by atoms with Gasteiger partial charge in [0.05, 0.1) is 0 Å². The van der Waals surface area contributed by atoms with E-state index in [0.29, 0.717) is 17.2 Å². The van der Waals surface area contributed by atoms with Crippen molar-refractivity contribution in [1.82, 2.24) is 19.6 Å². The molecule has 1 aliphatic heterocycles. The molecule has 10 heteroatoms. The second-order valence-corrected chi connectivity index (χ2v) is 8.68. The number of alkyl halides is 2. The van der Waals surface area contributed by atoms with E-state index < -0.39 is 5.92 Å². The molecule has 33 heavy (non-hydrogen) atoms. The van der Waals surface area contributed by atoms with Crippen molar-refractivity contribution in [2.24, 2.45) is 0 Å². The molecular weight excluding hydrogens is 446 g/mol. The van der Waals surface area contributed by atoms with E-state index in [1.54, 1.807) is 30.3 Å². The Labute approximate surface area is 195 Å². The number of halogens is 2. The zero-order valence-corrected chi connectivity index (χ0v) is 18.8. The largest absolute Gasteiger partial charge is 0.340 e. The summed E-state index contributed by atoms with van der Waals surface area (Å²) in [4.78, 5) is 23.6. The summed E-state index contributed by atoms with van der Waals surface area (Å²) in [5.41, 5.74) is 2.11. The van der Waals surface area contributed by atoms with Crippen LogP contribution >= 0.6 is 11.9 Å². The number of benzene rings is 2. The summed E-state index contributed by atoms with van der Waals surface area (Å²) in [6, 6.07) is 16.6. The lowest BCUT2D eigenvalue weighted by atomic mass is 10.1. The number of likely N-dealkylation sites (tertiary alicyclic amines) is 1. The van der Waals surface area contributed by atoms with Crippen LogP contribution in [0.2, 0.25) is 0 Å². The standard InChI is InChI=1S/C23H24F2N6OS/c1-26-33-19-4-2-3-18(13-19)30-21-14-20(27-15-28-21)29-17-7-5-16(6-8-17)22(32)31-11-9-23(24,25)10-12-31/h2-8,13-15,26H,9-12H2,1H3,(H2,27,28,29,30). The van der Waals surface area contributed by atoms with Crippen molar-refractivity contribution in [1.29, 1.82) is 0 Å². The molecule has 172 valence electrons. The van der Waals surface area contributed by atoms with Crippen LogP contribution in [0.1, 0.15) is 23.2 Å². The highest BCUT2D eigenvalue weighted by molar-refractivity contribution is 7.97. The number of carbonyl (C=O) groups excluding carboxylic acids is 1. The number of rotatable bonds is 7. The van der Waals surface area contributed by atoms with Crippen molar-refractivity contribution in [2.45, 2.75) is 23.7 Å². The summed E-state index contributed by atoms with van der Waals surface area (Å²) in [7, 11) is 1.87. The summed E-state index contributed by atoms with van der Waals surface area (Å²) in [6.07, 6.45) is 0.878. The van der Waals surface area contributed by atoms with E-state index in [0.717, 1.165) is 16.3 Å². The van der Waals surface area contributed by atoms with E-state index in [4.69, 9.17) is 0 Å². The molecule has 0 unspecified atom stereocenters. The number of anilines is 4. The Kier molecular flexibility index (Phi) is 7.05. The molecule has 0 spiro atoms. The normalized spacial score (nSPS) is 15.2. The molecule has 0 aliphatic carbocycles. The fourth-order valence-corrected chi connectivity index (χ4v) is 4.03. The lowest BCUT2D eigenvalue weighted by molar-refractivity contribution is -0.0494. The van der Waals surface area contributed by atoms with Gasteiger partial charge >= 0.3 is 0 Å². The Balaban J connectivity index is 1.38. The molecule has 3 N–H and O–H groups in total. The van der Waals surface area contributed by atoms with E-state index in [2.05, 4.69) is 25.3 Å². The first-order valence-corrected chi connectivity index (χ1v) is 11.3. The van der Waals surface area contributed by atoms with Crippen LogP contribution in [-0.2, 0) is 0 Å². The minimum absolute atomic E-state index is 0.0686. The third-order valence-electron chi connectivity index (χ3n) is 5.18. The van der Waals surface area contributed by atoms with Gasteiger partial charge < -0.3 is 15.5 Å². The molecule has 0 saturated carbocycles. The number of aromatic nitrogens is 2. The highest BCUT2D eigenvalue weighted by Gasteiger charge is 2.35. The van der Waals surface area contributed by atoms with Crippen LogP contribution in [0.15, 0.2) is 65.8 Å². The zero-order chi connectivity index (χ0) is 23.3. The van der Waals surface area contributed by atoms with Gasteiger partial charge in [-0.2, -0.15) is 0 Å². The van der Waals surface area contributed by atoms with Crippen molar-refractivity contribution < 1.29 is 13.6 Å². The molecule has 3 aromatic rings. The van der Waals surface area contributed by atoms with E-state index in [1.165, 1.54) is 23.2 Å². The number of piperidine rings is 1. The van der Waals surface area contributed by atoms with Crippen molar-refractivity contribution in [2.75, 3.05) is 30.8 Å². The Morgan fingerprint density at radius 1 is 0.970 bits per heavy atom. The fraction of sp³-hybridized carbons (Fsp3) is 0.261. The van der Waals surface area contributed by atoms with Gasteiger partial charge in [-0.3, -0.25) is 9.52 Å². The van der Waals surface area contributed by atoms with Crippen molar-refractivity contribution >= 4 is 40.9 Å². The molecule has 1 amide bonds. The Morgan fingerprint density at radius 3 is 2.30 bits per heavy atom. The minimum atomic E-state index is -2.68. The van der Waals surface area contributed by atoms with E-state index in [1.807, 2.05) is 31.3 Å².